The van der Waals surface area contributed by atoms with E-state index in [1.54, 1.807) is 42.3 Å². The number of nitrogens with one attached hydrogen (secondary N) is 1. The number of carbonyl (C=O) groups excluding carboxylic acids is 2. The number of halogens is 2. The Balaban J connectivity index is 2.06. The standard InChI is InChI=1S/C17H17Cl2N3O2/c1-22(16(17(20)24)11-5-3-2-4-6-11)10-15(23)21-12-7-8-13(18)14(19)9-12/h2-9,16H,10H2,1H3,(H2,20,24)(H,21,23). The van der Waals surface area contributed by atoms with Crippen molar-refractivity contribution in [2.75, 3.05) is 18.9 Å². The van der Waals surface area contributed by atoms with Gasteiger partial charge in [-0.1, -0.05) is 53.5 Å². The van der Waals surface area contributed by atoms with Crippen LogP contribution in [0.15, 0.2) is 48.5 Å². The van der Waals surface area contributed by atoms with Crippen molar-refractivity contribution in [1.29, 1.82) is 0 Å². The van der Waals surface area contributed by atoms with E-state index < -0.39 is 11.9 Å². The van der Waals surface area contributed by atoms with Crippen molar-refractivity contribution < 1.29 is 9.59 Å². The topological polar surface area (TPSA) is 75.4 Å². The zero-order chi connectivity index (χ0) is 17.7. The number of nitrogens with zero attached hydrogens (tertiary/aromatic N) is 1. The molecule has 0 aromatic heterocycles. The minimum atomic E-state index is -0.689. The molecule has 0 saturated heterocycles. The van der Waals surface area contributed by atoms with Crippen molar-refractivity contribution in [1.82, 2.24) is 4.90 Å². The lowest BCUT2D eigenvalue weighted by Crippen LogP contribution is -2.39. The van der Waals surface area contributed by atoms with Crippen LogP contribution in [0.4, 0.5) is 5.69 Å². The van der Waals surface area contributed by atoms with Gasteiger partial charge in [0.15, 0.2) is 0 Å². The minimum absolute atomic E-state index is 0.0112. The van der Waals surface area contributed by atoms with Gasteiger partial charge >= 0.3 is 0 Å². The minimum Gasteiger partial charge on any atom is -0.368 e. The van der Waals surface area contributed by atoms with Gasteiger partial charge in [-0.2, -0.15) is 0 Å². The highest BCUT2D eigenvalue weighted by Gasteiger charge is 2.24. The zero-order valence-electron chi connectivity index (χ0n) is 13.0. The summed E-state index contributed by atoms with van der Waals surface area (Å²) in [5.41, 5.74) is 6.75. The molecule has 126 valence electrons. The summed E-state index contributed by atoms with van der Waals surface area (Å²) >= 11 is 11.8. The number of carbonyl (C=O) groups is 2. The monoisotopic (exact) mass is 365 g/mol. The van der Waals surface area contributed by atoms with Gasteiger partial charge < -0.3 is 11.1 Å². The van der Waals surface area contributed by atoms with Crippen molar-refractivity contribution in [2.24, 2.45) is 5.73 Å². The summed E-state index contributed by atoms with van der Waals surface area (Å²) in [5, 5.41) is 3.47. The van der Waals surface area contributed by atoms with Crippen molar-refractivity contribution in [3.8, 4) is 0 Å². The van der Waals surface area contributed by atoms with Gasteiger partial charge in [0.1, 0.15) is 6.04 Å². The number of hydrogen-bond donors (Lipinski definition) is 2. The lowest BCUT2D eigenvalue weighted by molar-refractivity contribution is -0.124. The molecule has 7 heteroatoms. The molecule has 0 bridgehead atoms. The molecule has 2 aromatic carbocycles. The smallest absolute Gasteiger partial charge is 0.239 e. The van der Waals surface area contributed by atoms with Crippen LogP contribution in [-0.4, -0.2) is 30.3 Å². The summed E-state index contributed by atoms with van der Waals surface area (Å²) in [6, 6.07) is 13.2. The average molecular weight is 366 g/mol. The fourth-order valence-electron chi connectivity index (χ4n) is 2.36. The van der Waals surface area contributed by atoms with Crippen LogP contribution in [0.2, 0.25) is 10.0 Å². The van der Waals surface area contributed by atoms with E-state index in [4.69, 9.17) is 28.9 Å². The number of hydrogen-bond acceptors (Lipinski definition) is 3. The van der Waals surface area contributed by atoms with Gasteiger partial charge in [0.2, 0.25) is 11.8 Å². The maximum Gasteiger partial charge on any atom is 0.239 e. The Morgan fingerprint density at radius 3 is 2.38 bits per heavy atom. The maximum absolute atomic E-state index is 12.2. The Morgan fingerprint density at radius 1 is 1.12 bits per heavy atom. The number of rotatable bonds is 6. The predicted octanol–water partition coefficient (Wildman–Crippen LogP) is 3.09. The van der Waals surface area contributed by atoms with Crippen molar-refractivity contribution >= 4 is 40.7 Å². The van der Waals surface area contributed by atoms with Gasteiger partial charge in [-0.3, -0.25) is 14.5 Å². The molecule has 2 amide bonds. The van der Waals surface area contributed by atoms with Crippen LogP contribution in [0.25, 0.3) is 0 Å². The van der Waals surface area contributed by atoms with Crippen LogP contribution >= 0.6 is 23.2 Å². The van der Waals surface area contributed by atoms with E-state index in [1.165, 1.54) is 0 Å². The van der Waals surface area contributed by atoms with Crippen LogP contribution < -0.4 is 11.1 Å². The SMILES string of the molecule is CN(CC(=O)Nc1ccc(Cl)c(Cl)c1)C(C(N)=O)c1ccccc1. The first-order valence-electron chi connectivity index (χ1n) is 7.18. The molecule has 1 unspecified atom stereocenters. The normalized spacial score (nSPS) is 12.0. The van der Waals surface area contributed by atoms with Gasteiger partial charge in [0.05, 0.1) is 16.6 Å². The van der Waals surface area contributed by atoms with E-state index in [2.05, 4.69) is 5.32 Å². The molecule has 2 rings (SSSR count). The van der Waals surface area contributed by atoms with Crippen LogP contribution in [0.1, 0.15) is 11.6 Å². The predicted molar refractivity (Wildman–Crippen MR) is 96.1 cm³/mol. The van der Waals surface area contributed by atoms with Crippen LogP contribution in [0.5, 0.6) is 0 Å². The highest BCUT2D eigenvalue weighted by Crippen LogP contribution is 2.25. The van der Waals surface area contributed by atoms with Crippen LogP contribution in [0.3, 0.4) is 0 Å². The third-order valence-corrected chi connectivity index (χ3v) is 4.16. The first-order valence-corrected chi connectivity index (χ1v) is 7.93. The largest absolute Gasteiger partial charge is 0.368 e. The Hall–Kier alpha value is -2.08. The van der Waals surface area contributed by atoms with Gasteiger partial charge in [0, 0.05) is 5.69 Å². The summed E-state index contributed by atoms with van der Waals surface area (Å²) in [6.45, 7) is -0.0112. The second kappa shape index (κ2) is 8.15. The highest BCUT2D eigenvalue weighted by atomic mass is 35.5. The second-order valence-electron chi connectivity index (χ2n) is 5.31. The fraction of sp³-hybridized carbons (Fsp3) is 0.176. The van der Waals surface area contributed by atoms with E-state index in [-0.39, 0.29) is 12.5 Å². The van der Waals surface area contributed by atoms with Gasteiger partial charge in [-0.05, 0) is 30.8 Å². The molecule has 2 aromatic rings. The number of primary amides is 1. The molecule has 24 heavy (non-hydrogen) atoms. The fourth-order valence-corrected chi connectivity index (χ4v) is 2.66. The third kappa shape index (κ3) is 4.71. The summed E-state index contributed by atoms with van der Waals surface area (Å²) in [4.78, 5) is 25.6. The molecule has 0 aliphatic rings. The first-order chi connectivity index (χ1) is 11.4. The van der Waals surface area contributed by atoms with Crippen LogP contribution in [-0.2, 0) is 9.59 Å². The van der Waals surface area contributed by atoms with E-state index in [0.717, 1.165) is 5.56 Å². The zero-order valence-corrected chi connectivity index (χ0v) is 14.5. The molecule has 0 aliphatic carbocycles. The average Bonchev–Trinajstić information content (AvgIpc) is 2.51. The van der Waals surface area contributed by atoms with E-state index in [0.29, 0.717) is 15.7 Å². The number of anilines is 1. The molecule has 1 atom stereocenters. The molecule has 0 radical (unpaired) electrons. The Labute approximate surface area is 150 Å². The van der Waals surface area contributed by atoms with E-state index in [1.807, 2.05) is 18.2 Å². The molecule has 0 aliphatic heterocycles. The van der Waals surface area contributed by atoms with Crippen molar-refractivity contribution in [2.45, 2.75) is 6.04 Å². The Bertz CT molecular complexity index is 738. The van der Waals surface area contributed by atoms with E-state index in [9.17, 15) is 9.59 Å². The lowest BCUT2D eigenvalue weighted by atomic mass is 10.1. The van der Waals surface area contributed by atoms with Gasteiger partial charge in [0.25, 0.3) is 0 Å². The number of amides is 2. The Kier molecular flexibility index (Phi) is 6.20. The molecular weight excluding hydrogens is 349 g/mol. The lowest BCUT2D eigenvalue weighted by Gasteiger charge is -2.25. The third-order valence-electron chi connectivity index (χ3n) is 3.42. The molecular formula is C17H17Cl2N3O2. The van der Waals surface area contributed by atoms with Gasteiger partial charge in [-0.25, -0.2) is 0 Å². The second-order valence-corrected chi connectivity index (χ2v) is 6.12. The van der Waals surface area contributed by atoms with Gasteiger partial charge in [-0.15, -0.1) is 0 Å². The van der Waals surface area contributed by atoms with E-state index >= 15 is 0 Å². The molecule has 0 spiro atoms. The molecule has 5 nitrogen and oxygen atoms in total. The number of benzene rings is 2. The summed E-state index contributed by atoms with van der Waals surface area (Å²) < 4.78 is 0. The molecule has 0 fully saturated rings. The highest BCUT2D eigenvalue weighted by molar-refractivity contribution is 6.42. The maximum atomic E-state index is 12.2. The number of likely N-dealkylation sites (N-methyl/N-ethyl adjacent to an activating group) is 1. The number of nitrogens with two attached hydrogens (primary N) is 1. The molecule has 0 saturated carbocycles. The first kappa shape index (κ1) is 18.3. The Morgan fingerprint density at radius 2 is 1.79 bits per heavy atom. The molecule has 3 N–H and O–H groups in total. The summed E-state index contributed by atoms with van der Waals surface area (Å²) in [7, 11) is 1.66. The molecule has 0 heterocycles. The quantitative estimate of drug-likeness (QED) is 0.825. The van der Waals surface area contributed by atoms with Crippen molar-refractivity contribution in [3.63, 3.8) is 0 Å². The summed E-state index contributed by atoms with van der Waals surface area (Å²) in [6.07, 6.45) is 0. The van der Waals surface area contributed by atoms with Crippen molar-refractivity contribution in [3.05, 3.63) is 64.1 Å². The van der Waals surface area contributed by atoms with Crippen LogP contribution in [0, 0.1) is 0 Å². The summed E-state index contributed by atoms with van der Waals surface area (Å²) in [5.74, 6) is -0.816.